The SMILES string of the molecule is O=Nc1ncnc2c1ncn2[C@@H]1O[C@H](COP(=O)(O)OP(=O)(O)OP(=O)(O)O)[C@@H](O)[C@H]1O. The number of hydrogen-bond acceptors (Lipinski definition) is 14. The lowest BCUT2D eigenvalue weighted by atomic mass is 10.1. The number of aromatic nitrogens is 4. The van der Waals surface area contributed by atoms with Crippen LogP contribution < -0.4 is 0 Å². The average Bonchev–Trinajstić information content (AvgIpc) is 3.19. The Labute approximate surface area is 176 Å². The number of hydrogen-bond donors (Lipinski definition) is 6. The van der Waals surface area contributed by atoms with Gasteiger partial charge in [0, 0.05) is 0 Å². The molecule has 0 aliphatic carbocycles. The topological polar surface area (TPSA) is 283 Å². The van der Waals surface area contributed by atoms with Gasteiger partial charge in [0.15, 0.2) is 17.4 Å². The molecule has 6 atom stereocenters. The number of nitroso groups, excluding NO2 is 1. The van der Waals surface area contributed by atoms with Crippen molar-refractivity contribution in [2.45, 2.75) is 24.5 Å². The predicted octanol–water partition coefficient (Wildman–Crippen LogP) is -0.813. The van der Waals surface area contributed by atoms with Crippen LogP contribution in [0.15, 0.2) is 17.8 Å². The maximum absolute atomic E-state index is 11.8. The summed E-state index contributed by atoms with van der Waals surface area (Å²) in [6.45, 7) is -0.999. The van der Waals surface area contributed by atoms with Crippen molar-refractivity contribution < 1.29 is 61.4 Å². The second kappa shape index (κ2) is 9.00. The van der Waals surface area contributed by atoms with E-state index in [-0.39, 0.29) is 17.0 Å². The van der Waals surface area contributed by atoms with E-state index >= 15 is 0 Å². The molecule has 0 amide bonds. The zero-order valence-electron chi connectivity index (χ0n) is 15.2. The molecule has 0 spiro atoms. The van der Waals surface area contributed by atoms with Gasteiger partial charge in [-0.3, -0.25) is 9.09 Å². The fourth-order valence-corrected chi connectivity index (χ4v) is 5.69. The van der Waals surface area contributed by atoms with Gasteiger partial charge in [-0.15, -0.1) is 4.91 Å². The average molecular weight is 521 g/mol. The summed E-state index contributed by atoms with van der Waals surface area (Å²) in [5.41, 5.74) is -0.0381. The van der Waals surface area contributed by atoms with Crippen LogP contribution in [0.5, 0.6) is 0 Å². The highest BCUT2D eigenvalue weighted by Crippen LogP contribution is 2.66. The molecule has 22 heteroatoms. The van der Waals surface area contributed by atoms with Crippen LogP contribution in [0.25, 0.3) is 11.2 Å². The molecule has 3 heterocycles. The van der Waals surface area contributed by atoms with E-state index in [1.54, 1.807) is 0 Å². The summed E-state index contributed by atoms with van der Waals surface area (Å²) in [5, 5.41) is 23.1. The third kappa shape index (κ3) is 5.67. The van der Waals surface area contributed by atoms with Crippen LogP contribution in [0.1, 0.15) is 6.23 Å². The monoisotopic (exact) mass is 521 g/mol. The van der Waals surface area contributed by atoms with Crippen molar-refractivity contribution in [1.82, 2.24) is 19.5 Å². The number of fused-ring (bicyclic) bond motifs is 1. The molecule has 1 aliphatic heterocycles. The maximum Gasteiger partial charge on any atom is 0.490 e. The number of ether oxygens (including phenoxy) is 1. The molecule has 0 radical (unpaired) electrons. The van der Waals surface area contributed by atoms with Crippen molar-refractivity contribution in [2.24, 2.45) is 5.18 Å². The first-order valence-corrected chi connectivity index (χ1v) is 12.6. The standard InChI is InChI=1S/C10H14N5O14P3/c16-6-4(1-26-31(22,23)29-32(24,25)28-30(19,20)21)27-10(7(6)17)15-3-13-5-8(14-18)11-2-12-9(5)15/h2-4,6-7,10,16-17H,1H2,(H,22,23)(H,24,25)(H2,19,20,21)/t4-,6-,7-,10-/m1/s1. The number of phosphoric ester groups is 1. The molecule has 3 rings (SSSR count). The molecular formula is C10H14N5O14P3. The van der Waals surface area contributed by atoms with Crippen molar-refractivity contribution in [3.05, 3.63) is 17.6 Å². The normalized spacial score (nSPS) is 27.8. The smallest absolute Gasteiger partial charge is 0.387 e. The molecular weight excluding hydrogens is 507 g/mol. The van der Waals surface area contributed by atoms with E-state index in [1.807, 2.05) is 0 Å². The zero-order valence-corrected chi connectivity index (χ0v) is 17.9. The van der Waals surface area contributed by atoms with E-state index < -0.39 is 54.6 Å². The lowest BCUT2D eigenvalue weighted by Gasteiger charge is -2.19. The van der Waals surface area contributed by atoms with Crippen LogP contribution in [0.2, 0.25) is 0 Å². The molecule has 2 aromatic rings. The Bertz CT molecular complexity index is 1150. The molecule has 1 fully saturated rings. The Balaban J connectivity index is 1.71. The summed E-state index contributed by atoms with van der Waals surface area (Å²) >= 11 is 0. The van der Waals surface area contributed by atoms with Gasteiger partial charge in [-0.1, -0.05) is 0 Å². The first-order valence-electron chi connectivity index (χ1n) is 8.04. The van der Waals surface area contributed by atoms with Gasteiger partial charge in [0.25, 0.3) is 0 Å². The molecule has 2 unspecified atom stereocenters. The van der Waals surface area contributed by atoms with Crippen LogP contribution in [-0.2, 0) is 31.6 Å². The van der Waals surface area contributed by atoms with Gasteiger partial charge in [-0.05, 0) is 5.18 Å². The molecule has 1 aliphatic rings. The third-order valence-corrected chi connectivity index (χ3v) is 7.66. The van der Waals surface area contributed by atoms with Crippen LogP contribution in [-0.4, -0.2) is 74.2 Å². The van der Waals surface area contributed by atoms with Crippen molar-refractivity contribution >= 4 is 40.4 Å². The highest BCUT2D eigenvalue weighted by Gasteiger charge is 2.47. The summed E-state index contributed by atoms with van der Waals surface area (Å²) in [5.74, 6) is -0.300. The minimum Gasteiger partial charge on any atom is -0.387 e. The summed E-state index contributed by atoms with van der Waals surface area (Å²) in [4.78, 5) is 57.7. The molecule has 19 nitrogen and oxygen atoms in total. The van der Waals surface area contributed by atoms with Crippen LogP contribution in [0.3, 0.4) is 0 Å². The fourth-order valence-electron chi connectivity index (χ4n) is 2.66. The van der Waals surface area contributed by atoms with Crippen molar-refractivity contribution in [3.8, 4) is 0 Å². The minimum absolute atomic E-state index is 0.000569. The quantitative estimate of drug-likeness (QED) is 0.174. The lowest BCUT2D eigenvalue weighted by molar-refractivity contribution is -0.0503. The highest BCUT2D eigenvalue weighted by atomic mass is 31.3. The van der Waals surface area contributed by atoms with E-state index in [2.05, 4.69) is 33.3 Å². The molecule has 178 valence electrons. The number of phosphoric acid groups is 3. The number of aliphatic hydroxyl groups is 2. The van der Waals surface area contributed by atoms with Gasteiger partial charge < -0.3 is 34.5 Å². The Morgan fingerprint density at radius 3 is 2.34 bits per heavy atom. The number of nitrogens with zero attached hydrogens (tertiary/aromatic N) is 5. The number of rotatable bonds is 9. The molecule has 32 heavy (non-hydrogen) atoms. The van der Waals surface area contributed by atoms with E-state index in [1.165, 1.54) is 0 Å². The van der Waals surface area contributed by atoms with E-state index in [4.69, 9.17) is 19.4 Å². The van der Waals surface area contributed by atoms with E-state index in [0.717, 1.165) is 17.2 Å². The summed E-state index contributed by atoms with van der Waals surface area (Å²) < 4.78 is 51.7. The minimum atomic E-state index is -5.73. The maximum atomic E-state index is 11.8. The highest BCUT2D eigenvalue weighted by molar-refractivity contribution is 7.66. The summed E-state index contributed by atoms with van der Waals surface area (Å²) in [7, 11) is -16.8. The van der Waals surface area contributed by atoms with Gasteiger partial charge in [-0.25, -0.2) is 28.6 Å². The van der Waals surface area contributed by atoms with Gasteiger partial charge in [0.1, 0.15) is 24.6 Å². The van der Waals surface area contributed by atoms with E-state index in [9.17, 15) is 33.7 Å². The molecule has 6 N–H and O–H groups in total. The fraction of sp³-hybridized carbons (Fsp3) is 0.500. The summed E-state index contributed by atoms with van der Waals surface area (Å²) in [6.07, 6.45) is -4.19. The molecule has 0 aromatic carbocycles. The second-order valence-corrected chi connectivity index (χ2v) is 10.5. The van der Waals surface area contributed by atoms with Crippen LogP contribution >= 0.6 is 23.5 Å². The predicted molar refractivity (Wildman–Crippen MR) is 96.5 cm³/mol. The first-order chi connectivity index (χ1) is 14.7. The Hall–Kier alpha value is -1.56. The van der Waals surface area contributed by atoms with Gasteiger partial charge in [0.05, 0.1) is 12.9 Å². The van der Waals surface area contributed by atoms with E-state index in [0.29, 0.717) is 0 Å². The molecule has 0 saturated carbocycles. The molecule has 2 aromatic heterocycles. The largest absolute Gasteiger partial charge is 0.490 e. The molecule has 1 saturated heterocycles. The first kappa shape index (κ1) is 25.1. The Kier molecular flexibility index (Phi) is 7.05. The third-order valence-electron chi connectivity index (χ3n) is 3.86. The lowest BCUT2D eigenvalue weighted by Crippen LogP contribution is -2.33. The van der Waals surface area contributed by atoms with Crippen molar-refractivity contribution in [3.63, 3.8) is 0 Å². The number of imidazole rings is 1. The zero-order chi connectivity index (χ0) is 23.9. The van der Waals surface area contributed by atoms with Gasteiger partial charge in [0.2, 0.25) is 5.82 Å². The van der Waals surface area contributed by atoms with Crippen LogP contribution in [0, 0.1) is 4.91 Å². The van der Waals surface area contributed by atoms with Crippen molar-refractivity contribution in [1.29, 1.82) is 0 Å². The summed E-state index contributed by atoms with van der Waals surface area (Å²) in [6, 6.07) is 0. The van der Waals surface area contributed by atoms with Gasteiger partial charge in [-0.2, -0.15) is 8.62 Å². The van der Waals surface area contributed by atoms with Crippen molar-refractivity contribution in [2.75, 3.05) is 6.61 Å². The number of aliphatic hydroxyl groups excluding tert-OH is 2. The Morgan fingerprint density at radius 2 is 1.72 bits per heavy atom. The Morgan fingerprint density at radius 1 is 1.03 bits per heavy atom. The van der Waals surface area contributed by atoms with Gasteiger partial charge >= 0.3 is 23.5 Å². The van der Waals surface area contributed by atoms with Crippen LogP contribution in [0.4, 0.5) is 5.82 Å². The molecule has 0 bridgehead atoms. The second-order valence-electron chi connectivity index (χ2n) is 6.05.